The Morgan fingerprint density at radius 2 is 2.27 bits per heavy atom. The highest BCUT2D eigenvalue weighted by molar-refractivity contribution is 7.99. The van der Waals surface area contributed by atoms with Crippen molar-refractivity contribution in [1.29, 1.82) is 0 Å². The van der Waals surface area contributed by atoms with Crippen molar-refractivity contribution in [2.24, 2.45) is 5.92 Å². The second-order valence-electron chi connectivity index (χ2n) is 6.73. The van der Waals surface area contributed by atoms with E-state index < -0.39 is 5.60 Å². The zero-order valence-corrected chi connectivity index (χ0v) is 14.7. The fourth-order valence-corrected chi connectivity index (χ4v) is 3.38. The molecule has 0 spiro atoms. The van der Waals surface area contributed by atoms with Crippen LogP contribution >= 0.6 is 11.8 Å². The first-order valence-electron chi connectivity index (χ1n) is 7.74. The molecule has 1 saturated heterocycles. The van der Waals surface area contributed by atoms with Crippen molar-refractivity contribution in [3.8, 4) is 0 Å². The van der Waals surface area contributed by atoms with Crippen molar-refractivity contribution in [2.45, 2.75) is 51.3 Å². The van der Waals surface area contributed by atoms with E-state index in [4.69, 9.17) is 4.74 Å². The zero-order valence-electron chi connectivity index (χ0n) is 13.8. The molecule has 1 aliphatic heterocycles. The Morgan fingerprint density at radius 1 is 1.50 bits per heavy atom. The Bertz CT molecular complexity index is 516. The van der Waals surface area contributed by atoms with E-state index in [1.54, 1.807) is 18.0 Å². The molecule has 0 aliphatic carbocycles. The van der Waals surface area contributed by atoms with Gasteiger partial charge in [0.15, 0.2) is 5.16 Å². The van der Waals surface area contributed by atoms with Gasteiger partial charge in [-0.2, -0.15) is 0 Å². The van der Waals surface area contributed by atoms with E-state index in [1.165, 1.54) is 0 Å². The maximum absolute atomic E-state index is 12.2. The van der Waals surface area contributed by atoms with Crippen molar-refractivity contribution >= 4 is 17.9 Å². The van der Waals surface area contributed by atoms with Crippen LogP contribution in [0.5, 0.6) is 0 Å². The topological polar surface area (TPSA) is 55.3 Å². The summed E-state index contributed by atoms with van der Waals surface area (Å²) in [5.41, 5.74) is 0.547. The molecule has 0 aromatic carbocycles. The number of likely N-dealkylation sites (tertiary alicyclic amines) is 1. The number of nitrogens with zero attached hydrogens (tertiary/aromatic N) is 3. The Morgan fingerprint density at radius 3 is 2.95 bits per heavy atom. The van der Waals surface area contributed by atoms with E-state index in [1.807, 2.05) is 38.7 Å². The van der Waals surface area contributed by atoms with Gasteiger partial charge in [-0.05, 0) is 52.5 Å². The minimum absolute atomic E-state index is 0.200. The van der Waals surface area contributed by atoms with E-state index >= 15 is 0 Å². The Hall–Kier alpha value is -1.30. The molecule has 1 atom stereocenters. The van der Waals surface area contributed by atoms with Gasteiger partial charge in [0.2, 0.25) is 0 Å². The number of aryl methyl sites for hydroxylation is 1. The fourth-order valence-electron chi connectivity index (χ4n) is 2.38. The quantitative estimate of drug-likeness (QED) is 0.629. The van der Waals surface area contributed by atoms with Crippen molar-refractivity contribution < 1.29 is 9.53 Å². The smallest absolute Gasteiger partial charge is 0.410 e. The molecule has 1 aliphatic rings. The SMILES string of the molecule is Cc1ccnc(SC[C@@H]2CCCN(C(=O)OC(C)(C)C)C2)n1. The summed E-state index contributed by atoms with van der Waals surface area (Å²) in [5, 5.41) is 0.814. The molecule has 0 saturated carbocycles. The third-order valence-corrected chi connectivity index (χ3v) is 4.48. The van der Waals surface area contributed by atoms with E-state index in [2.05, 4.69) is 9.97 Å². The number of piperidine rings is 1. The summed E-state index contributed by atoms with van der Waals surface area (Å²) < 4.78 is 5.46. The van der Waals surface area contributed by atoms with E-state index in [-0.39, 0.29) is 6.09 Å². The van der Waals surface area contributed by atoms with Crippen LogP contribution < -0.4 is 0 Å². The van der Waals surface area contributed by atoms with Crippen LogP contribution in [0.2, 0.25) is 0 Å². The van der Waals surface area contributed by atoms with Crippen LogP contribution in [-0.2, 0) is 4.74 Å². The molecule has 0 radical (unpaired) electrons. The molecule has 122 valence electrons. The first-order chi connectivity index (χ1) is 10.3. The van der Waals surface area contributed by atoms with Crippen LogP contribution in [0.15, 0.2) is 17.4 Å². The van der Waals surface area contributed by atoms with Gasteiger partial charge in [-0.15, -0.1) is 0 Å². The van der Waals surface area contributed by atoms with Crippen LogP contribution in [0.25, 0.3) is 0 Å². The van der Waals surface area contributed by atoms with E-state index in [0.717, 1.165) is 42.5 Å². The lowest BCUT2D eigenvalue weighted by atomic mass is 10.0. The minimum atomic E-state index is -0.436. The van der Waals surface area contributed by atoms with E-state index in [0.29, 0.717) is 5.92 Å². The van der Waals surface area contributed by atoms with E-state index in [9.17, 15) is 4.79 Å². The Labute approximate surface area is 136 Å². The third-order valence-electron chi connectivity index (χ3n) is 3.39. The molecule has 6 heteroatoms. The molecule has 1 aromatic heterocycles. The second kappa shape index (κ2) is 7.31. The molecular weight excluding hydrogens is 298 g/mol. The predicted octanol–water partition coefficient (Wildman–Crippen LogP) is 3.52. The average Bonchev–Trinajstić information content (AvgIpc) is 2.44. The number of ether oxygens (including phenoxy) is 1. The molecule has 0 N–H and O–H groups in total. The highest BCUT2D eigenvalue weighted by atomic mass is 32.2. The van der Waals surface area contributed by atoms with Crippen molar-refractivity contribution in [3.63, 3.8) is 0 Å². The summed E-state index contributed by atoms with van der Waals surface area (Å²) in [6.45, 7) is 9.22. The molecule has 5 nitrogen and oxygen atoms in total. The second-order valence-corrected chi connectivity index (χ2v) is 7.71. The summed E-state index contributed by atoms with van der Waals surface area (Å²) in [5.74, 6) is 1.40. The number of hydrogen-bond acceptors (Lipinski definition) is 5. The van der Waals surface area contributed by atoms with Crippen LogP contribution in [0, 0.1) is 12.8 Å². The maximum atomic E-state index is 12.2. The first-order valence-corrected chi connectivity index (χ1v) is 8.72. The third kappa shape index (κ3) is 5.48. The predicted molar refractivity (Wildman–Crippen MR) is 88.0 cm³/mol. The molecule has 1 fully saturated rings. The van der Waals surface area contributed by atoms with Gasteiger partial charge in [-0.3, -0.25) is 0 Å². The molecule has 1 aromatic rings. The van der Waals surface area contributed by atoms with Gasteiger partial charge in [0.1, 0.15) is 5.60 Å². The van der Waals surface area contributed by atoms with Gasteiger partial charge in [-0.25, -0.2) is 14.8 Å². The summed E-state index contributed by atoms with van der Waals surface area (Å²) in [4.78, 5) is 22.7. The minimum Gasteiger partial charge on any atom is -0.444 e. The van der Waals surface area contributed by atoms with Gasteiger partial charge < -0.3 is 9.64 Å². The fraction of sp³-hybridized carbons (Fsp3) is 0.688. The van der Waals surface area contributed by atoms with Gasteiger partial charge in [0.25, 0.3) is 0 Å². The molecule has 0 unspecified atom stereocenters. The Balaban J connectivity index is 1.84. The van der Waals surface area contributed by atoms with Crippen molar-refractivity contribution in [1.82, 2.24) is 14.9 Å². The van der Waals surface area contributed by atoms with Gasteiger partial charge >= 0.3 is 6.09 Å². The summed E-state index contributed by atoms with van der Waals surface area (Å²) in [6, 6.07) is 1.90. The summed E-state index contributed by atoms with van der Waals surface area (Å²) in [7, 11) is 0. The van der Waals surface area contributed by atoms with Gasteiger partial charge in [0, 0.05) is 30.7 Å². The average molecular weight is 323 g/mol. The summed E-state index contributed by atoms with van der Waals surface area (Å²) in [6.07, 6.45) is 3.75. The number of hydrogen-bond donors (Lipinski definition) is 0. The number of thioether (sulfide) groups is 1. The molecule has 1 amide bonds. The molecule has 22 heavy (non-hydrogen) atoms. The lowest BCUT2D eigenvalue weighted by Crippen LogP contribution is -2.43. The van der Waals surface area contributed by atoms with Crippen LogP contribution in [-0.4, -0.2) is 45.4 Å². The lowest BCUT2D eigenvalue weighted by molar-refractivity contribution is 0.0177. The monoisotopic (exact) mass is 323 g/mol. The molecule has 2 heterocycles. The molecular formula is C16H25N3O2S. The normalized spacial score (nSPS) is 19.1. The van der Waals surface area contributed by atoms with Crippen LogP contribution in [0.1, 0.15) is 39.3 Å². The highest BCUT2D eigenvalue weighted by Crippen LogP contribution is 2.25. The summed E-state index contributed by atoms with van der Waals surface area (Å²) >= 11 is 1.67. The van der Waals surface area contributed by atoms with Crippen LogP contribution in [0.4, 0.5) is 4.79 Å². The van der Waals surface area contributed by atoms with Gasteiger partial charge in [-0.1, -0.05) is 11.8 Å². The van der Waals surface area contributed by atoms with Gasteiger partial charge in [0.05, 0.1) is 0 Å². The molecule has 0 bridgehead atoms. The number of amides is 1. The number of carbonyl (C=O) groups is 1. The lowest BCUT2D eigenvalue weighted by Gasteiger charge is -2.33. The van der Waals surface area contributed by atoms with Crippen molar-refractivity contribution in [2.75, 3.05) is 18.8 Å². The number of carbonyl (C=O) groups excluding carboxylic acids is 1. The first kappa shape index (κ1) is 17.1. The van der Waals surface area contributed by atoms with Crippen LogP contribution in [0.3, 0.4) is 0 Å². The molecule has 2 rings (SSSR count). The van der Waals surface area contributed by atoms with Crippen molar-refractivity contribution in [3.05, 3.63) is 18.0 Å². The zero-order chi connectivity index (χ0) is 16.2. The largest absolute Gasteiger partial charge is 0.444 e. The maximum Gasteiger partial charge on any atom is 0.410 e. The Kier molecular flexibility index (Phi) is 5.67. The number of aromatic nitrogens is 2. The highest BCUT2D eigenvalue weighted by Gasteiger charge is 2.27. The number of rotatable bonds is 3. The standard InChI is InChI=1S/C16H25N3O2S/c1-12-7-8-17-14(18-12)22-11-13-6-5-9-19(10-13)15(20)21-16(2,3)4/h7-8,13H,5-6,9-11H2,1-4H3/t13-/m1/s1.